The van der Waals surface area contributed by atoms with E-state index >= 15 is 0 Å². The number of aromatic nitrogens is 1. The molecule has 1 fully saturated rings. The van der Waals surface area contributed by atoms with Crippen molar-refractivity contribution in [2.45, 2.75) is 25.2 Å². The minimum atomic E-state index is 0.745. The number of hydrogen-bond donors (Lipinski definition) is 0. The molecule has 1 aromatic heterocycles. The Bertz CT molecular complexity index is 397. The maximum absolute atomic E-state index is 4.57. The molecule has 1 aromatic rings. The number of allylic oxidation sites excluding steroid dienone is 1. The van der Waals surface area contributed by atoms with Crippen LogP contribution < -0.4 is 0 Å². The van der Waals surface area contributed by atoms with Crippen molar-refractivity contribution in [1.29, 1.82) is 0 Å². The van der Waals surface area contributed by atoms with Crippen LogP contribution in [0.5, 0.6) is 0 Å². The van der Waals surface area contributed by atoms with E-state index in [2.05, 4.69) is 39.7 Å². The SMILES string of the molecule is IC1=CCC2CCC2c2ncccc21. The monoisotopic (exact) mass is 297 g/mol. The highest BCUT2D eigenvalue weighted by atomic mass is 127. The fourth-order valence-electron chi connectivity index (χ4n) is 2.49. The third-order valence-electron chi connectivity index (χ3n) is 3.46. The number of rotatable bonds is 0. The smallest absolute Gasteiger partial charge is 0.0520 e. The molecule has 2 aliphatic carbocycles. The molecule has 72 valence electrons. The van der Waals surface area contributed by atoms with Gasteiger partial charge in [0.1, 0.15) is 0 Å². The van der Waals surface area contributed by atoms with Crippen molar-refractivity contribution in [1.82, 2.24) is 4.98 Å². The number of nitrogens with zero attached hydrogens (tertiary/aromatic N) is 1. The van der Waals surface area contributed by atoms with Crippen LogP contribution in [0.3, 0.4) is 0 Å². The molecule has 1 heterocycles. The van der Waals surface area contributed by atoms with Gasteiger partial charge in [-0.05, 0) is 53.8 Å². The molecule has 0 N–H and O–H groups in total. The van der Waals surface area contributed by atoms with Gasteiger partial charge in [-0.1, -0.05) is 12.1 Å². The summed E-state index contributed by atoms with van der Waals surface area (Å²) in [6, 6.07) is 4.26. The van der Waals surface area contributed by atoms with E-state index in [0.29, 0.717) is 0 Å². The van der Waals surface area contributed by atoms with Gasteiger partial charge in [0.25, 0.3) is 0 Å². The number of fused-ring (bicyclic) bond motifs is 3. The summed E-state index contributed by atoms with van der Waals surface area (Å²) in [6.45, 7) is 0. The highest BCUT2D eigenvalue weighted by Gasteiger charge is 2.35. The third kappa shape index (κ3) is 1.23. The van der Waals surface area contributed by atoms with Crippen LogP contribution in [-0.4, -0.2) is 4.98 Å². The molecule has 1 saturated carbocycles. The fourth-order valence-corrected chi connectivity index (χ4v) is 3.20. The van der Waals surface area contributed by atoms with Crippen LogP contribution in [0.1, 0.15) is 36.4 Å². The molecule has 0 aromatic carbocycles. The summed E-state index contributed by atoms with van der Waals surface area (Å²) in [5, 5.41) is 0. The second-order valence-electron chi connectivity index (χ2n) is 4.17. The molecule has 0 radical (unpaired) electrons. The number of hydrogen-bond acceptors (Lipinski definition) is 1. The fraction of sp³-hybridized carbons (Fsp3) is 0.417. The second kappa shape index (κ2) is 3.33. The van der Waals surface area contributed by atoms with Gasteiger partial charge in [-0.2, -0.15) is 0 Å². The van der Waals surface area contributed by atoms with Crippen LogP contribution in [0, 0.1) is 5.92 Å². The minimum absolute atomic E-state index is 0.745. The van der Waals surface area contributed by atoms with Crippen LogP contribution in [0.4, 0.5) is 0 Å². The summed E-state index contributed by atoms with van der Waals surface area (Å²) in [5.74, 6) is 1.62. The first-order valence-electron chi connectivity index (χ1n) is 5.17. The van der Waals surface area contributed by atoms with Gasteiger partial charge in [-0.25, -0.2) is 0 Å². The van der Waals surface area contributed by atoms with Crippen molar-refractivity contribution >= 4 is 26.2 Å². The standard InChI is InChI=1S/C12H12IN/c13-11-6-4-8-3-5-9(8)12-10(11)2-1-7-14-12/h1-2,6-9H,3-5H2. The van der Waals surface area contributed by atoms with Gasteiger partial charge < -0.3 is 0 Å². The molecule has 0 spiro atoms. The van der Waals surface area contributed by atoms with E-state index in [4.69, 9.17) is 0 Å². The molecule has 14 heavy (non-hydrogen) atoms. The molecule has 2 unspecified atom stereocenters. The number of pyridine rings is 1. The number of halogens is 1. The Morgan fingerprint density at radius 3 is 3.07 bits per heavy atom. The van der Waals surface area contributed by atoms with Crippen molar-refractivity contribution < 1.29 is 0 Å². The summed E-state index contributed by atoms with van der Waals surface area (Å²) >= 11 is 2.44. The molecule has 2 heteroatoms. The minimum Gasteiger partial charge on any atom is -0.260 e. The van der Waals surface area contributed by atoms with Crippen LogP contribution in [0.25, 0.3) is 3.58 Å². The van der Waals surface area contributed by atoms with Gasteiger partial charge in [0, 0.05) is 21.3 Å². The summed E-state index contributed by atoms with van der Waals surface area (Å²) in [5.41, 5.74) is 2.72. The first-order chi connectivity index (χ1) is 6.86. The third-order valence-corrected chi connectivity index (χ3v) is 4.49. The van der Waals surface area contributed by atoms with E-state index < -0.39 is 0 Å². The Morgan fingerprint density at radius 1 is 1.36 bits per heavy atom. The Hall–Kier alpha value is -0.380. The first-order valence-corrected chi connectivity index (χ1v) is 6.25. The lowest BCUT2D eigenvalue weighted by Crippen LogP contribution is -2.23. The molecule has 0 amide bonds. The van der Waals surface area contributed by atoms with Crippen molar-refractivity contribution in [3.8, 4) is 0 Å². The average molecular weight is 297 g/mol. The predicted molar refractivity (Wildman–Crippen MR) is 66.3 cm³/mol. The lowest BCUT2D eigenvalue weighted by atomic mass is 9.70. The first kappa shape index (κ1) is 8.89. The van der Waals surface area contributed by atoms with Gasteiger partial charge >= 0.3 is 0 Å². The van der Waals surface area contributed by atoms with Crippen LogP contribution in [0.2, 0.25) is 0 Å². The van der Waals surface area contributed by atoms with E-state index in [-0.39, 0.29) is 0 Å². The summed E-state index contributed by atoms with van der Waals surface area (Å²) in [4.78, 5) is 4.57. The Balaban J connectivity index is 2.15. The van der Waals surface area contributed by atoms with Gasteiger partial charge in [0.05, 0.1) is 5.69 Å². The Labute approximate surface area is 97.8 Å². The molecule has 2 atom stereocenters. The lowest BCUT2D eigenvalue weighted by Gasteiger charge is -2.35. The normalized spacial score (nSPS) is 29.4. The van der Waals surface area contributed by atoms with Crippen molar-refractivity contribution in [3.05, 3.63) is 35.7 Å². The predicted octanol–water partition coefficient (Wildman–Crippen LogP) is 3.75. The van der Waals surface area contributed by atoms with E-state index in [9.17, 15) is 0 Å². The van der Waals surface area contributed by atoms with E-state index in [1.54, 1.807) is 0 Å². The van der Waals surface area contributed by atoms with Crippen molar-refractivity contribution in [2.24, 2.45) is 5.92 Å². The largest absolute Gasteiger partial charge is 0.260 e. The maximum Gasteiger partial charge on any atom is 0.0520 e. The zero-order valence-electron chi connectivity index (χ0n) is 7.91. The van der Waals surface area contributed by atoms with Gasteiger partial charge in [-0.3, -0.25) is 4.98 Å². The Kier molecular flexibility index (Phi) is 2.11. The van der Waals surface area contributed by atoms with Crippen LogP contribution in [0.15, 0.2) is 24.4 Å². The topological polar surface area (TPSA) is 12.9 Å². The Morgan fingerprint density at radius 2 is 2.29 bits per heavy atom. The quantitative estimate of drug-likeness (QED) is 0.665. The van der Waals surface area contributed by atoms with E-state index in [1.807, 2.05) is 12.3 Å². The van der Waals surface area contributed by atoms with Crippen LogP contribution >= 0.6 is 22.6 Å². The zero-order valence-corrected chi connectivity index (χ0v) is 10.1. The van der Waals surface area contributed by atoms with Crippen molar-refractivity contribution in [3.63, 3.8) is 0 Å². The second-order valence-corrected chi connectivity index (χ2v) is 5.33. The van der Waals surface area contributed by atoms with Gasteiger partial charge in [-0.15, -0.1) is 0 Å². The summed E-state index contributed by atoms with van der Waals surface area (Å²) in [6.07, 6.45) is 8.29. The van der Waals surface area contributed by atoms with E-state index in [0.717, 1.165) is 11.8 Å². The lowest BCUT2D eigenvalue weighted by molar-refractivity contribution is 0.254. The van der Waals surface area contributed by atoms with Gasteiger partial charge in [0.2, 0.25) is 0 Å². The zero-order chi connectivity index (χ0) is 9.54. The molecule has 1 nitrogen and oxygen atoms in total. The highest BCUT2D eigenvalue weighted by molar-refractivity contribution is 14.1. The van der Waals surface area contributed by atoms with Crippen molar-refractivity contribution in [2.75, 3.05) is 0 Å². The molecule has 0 aliphatic heterocycles. The summed E-state index contributed by atoms with van der Waals surface area (Å²) < 4.78 is 1.39. The molecular weight excluding hydrogens is 285 g/mol. The average Bonchev–Trinajstić information content (AvgIpc) is 2.24. The molecular formula is C12H12IN. The molecule has 3 rings (SSSR count). The van der Waals surface area contributed by atoms with E-state index in [1.165, 1.54) is 34.1 Å². The maximum atomic E-state index is 4.57. The highest BCUT2D eigenvalue weighted by Crippen LogP contribution is 2.49. The molecule has 0 saturated heterocycles. The van der Waals surface area contributed by atoms with Gasteiger partial charge in [0.15, 0.2) is 0 Å². The van der Waals surface area contributed by atoms with Crippen LogP contribution in [-0.2, 0) is 0 Å². The molecule has 0 bridgehead atoms. The molecule has 2 aliphatic rings. The summed E-state index contributed by atoms with van der Waals surface area (Å²) in [7, 11) is 0.